The number of nitrogens with zero attached hydrogens (tertiary/aromatic N) is 1. The molecule has 2 atom stereocenters. The Morgan fingerprint density at radius 3 is 3.06 bits per heavy atom. The summed E-state index contributed by atoms with van der Waals surface area (Å²) in [6, 6.07) is 7.96. The lowest BCUT2D eigenvalue weighted by atomic mass is 10.0. The van der Waals surface area contributed by atoms with Gasteiger partial charge in [-0.15, -0.1) is 11.3 Å². The van der Waals surface area contributed by atoms with Crippen LogP contribution in [0, 0.1) is 6.92 Å². The molecule has 1 N–H and O–H groups in total. The van der Waals surface area contributed by atoms with Crippen molar-refractivity contribution in [1.29, 1.82) is 0 Å². The standard InChI is InChI=1S/C14H15NO2S/c1-9-15-11(8-18-9)7-12(16)14-6-10-4-2-3-5-13(10)17-14/h2-5,8,12,14,16H,6-7H2,1H3. The van der Waals surface area contributed by atoms with Crippen LogP contribution in [-0.2, 0) is 12.8 Å². The van der Waals surface area contributed by atoms with E-state index >= 15 is 0 Å². The Hall–Kier alpha value is -1.39. The van der Waals surface area contributed by atoms with E-state index < -0.39 is 6.10 Å². The highest BCUT2D eigenvalue weighted by molar-refractivity contribution is 7.09. The molecule has 0 saturated carbocycles. The van der Waals surface area contributed by atoms with E-state index in [4.69, 9.17) is 4.74 Å². The molecule has 3 rings (SSSR count). The SMILES string of the molecule is Cc1nc(CC(O)C2Cc3ccccc3O2)cs1. The summed E-state index contributed by atoms with van der Waals surface area (Å²) in [5.74, 6) is 0.899. The molecule has 1 aromatic heterocycles. The number of hydrogen-bond donors (Lipinski definition) is 1. The molecule has 0 aliphatic carbocycles. The first-order valence-corrected chi connectivity index (χ1v) is 6.94. The maximum Gasteiger partial charge on any atom is 0.129 e. The maximum atomic E-state index is 10.2. The van der Waals surface area contributed by atoms with E-state index in [1.807, 2.05) is 30.5 Å². The second-order valence-corrected chi connectivity index (χ2v) is 5.66. The number of ether oxygens (including phenoxy) is 1. The molecule has 0 spiro atoms. The summed E-state index contributed by atoms with van der Waals surface area (Å²) < 4.78 is 5.77. The average molecular weight is 261 g/mol. The first-order valence-electron chi connectivity index (χ1n) is 6.06. The molecular weight excluding hydrogens is 246 g/mol. The Labute approximate surface area is 110 Å². The zero-order valence-electron chi connectivity index (χ0n) is 10.2. The highest BCUT2D eigenvalue weighted by Crippen LogP contribution is 2.30. The number of aliphatic hydroxyl groups is 1. The normalized spacial score (nSPS) is 19.3. The molecule has 4 heteroatoms. The van der Waals surface area contributed by atoms with Crippen LogP contribution in [0.15, 0.2) is 29.6 Å². The van der Waals surface area contributed by atoms with Crippen LogP contribution in [0.4, 0.5) is 0 Å². The van der Waals surface area contributed by atoms with Gasteiger partial charge in [0.15, 0.2) is 0 Å². The molecule has 94 valence electrons. The molecule has 3 nitrogen and oxygen atoms in total. The Morgan fingerprint density at radius 2 is 2.33 bits per heavy atom. The number of thiazole rings is 1. The van der Waals surface area contributed by atoms with Gasteiger partial charge in [0, 0.05) is 18.2 Å². The van der Waals surface area contributed by atoms with E-state index in [1.165, 1.54) is 5.56 Å². The summed E-state index contributed by atoms with van der Waals surface area (Å²) in [5, 5.41) is 13.3. The molecule has 0 amide bonds. The van der Waals surface area contributed by atoms with Gasteiger partial charge >= 0.3 is 0 Å². The van der Waals surface area contributed by atoms with Crippen molar-refractivity contribution >= 4 is 11.3 Å². The Morgan fingerprint density at radius 1 is 1.50 bits per heavy atom. The average Bonchev–Trinajstić information content (AvgIpc) is 2.95. The third kappa shape index (κ3) is 2.26. The monoisotopic (exact) mass is 261 g/mol. The minimum atomic E-state index is -0.501. The minimum absolute atomic E-state index is 0.149. The van der Waals surface area contributed by atoms with Crippen LogP contribution in [0.5, 0.6) is 5.75 Å². The van der Waals surface area contributed by atoms with E-state index in [2.05, 4.69) is 11.1 Å². The first kappa shape index (κ1) is 11.7. The summed E-state index contributed by atoms with van der Waals surface area (Å²) in [6.07, 6.45) is 0.687. The van der Waals surface area contributed by atoms with Gasteiger partial charge in [-0.3, -0.25) is 0 Å². The summed E-state index contributed by atoms with van der Waals surface area (Å²) >= 11 is 1.61. The zero-order valence-corrected chi connectivity index (χ0v) is 11.0. The highest BCUT2D eigenvalue weighted by Gasteiger charge is 2.29. The molecule has 2 unspecified atom stereocenters. The summed E-state index contributed by atoms with van der Waals surface area (Å²) in [4.78, 5) is 4.37. The fraction of sp³-hybridized carbons (Fsp3) is 0.357. The molecule has 1 aliphatic rings. The molecule has 0 bridgehead atoms. The van der Waals surface area contributed by atoms with Gasteiger partial charge in [0.25, 0.3) is 0 Å². The molecule has 0 radical (unpaired) electrons. The second kappa shape index (κ2) is 4.71. The van der Waals surface area contributed by atoms with Gasteiger partial charge in [-0.25, -0.2) is 4.98 Å². The summed E-state index contributed by atoms with van der Waals surface area (Å²) in [6.45, 7) is 1.97. The van der Waals surface area contributed by atoms with Gasteiger partial charge in [-0.05, 0) is 18.6 Å². The van der Waals surface area contributed by atoms with Crippen molar-refractivity contribution in [1.82, 2.24) is 4.98 Å². The van der Waals surface area contributed by atoms with Crippen molar-refractivity contribution in [2.24, 2.45) is 0 Å². The number of para-hydroxylation sites is 1. The van der Waals surface area contributed by atoms with Gasteiger partial charge in [-0.1, -0.05) is 18.2 Å². The molecule has 18 heavy (non-hydrogen) atoms. The van der Waals surface area contributed by atoms with E-state index in [-0.39, 0.29) is 6.10 Å². The number of hydrogen-bond acceptors (Lipinski definition) is 4. The largest absolute Gasteiger partial charge is 0.487 e. The van der Waals surface area contributed by atoms with Crippen LogP contribution in [0.3, 0.4) is 0 Å². The van der Waals surface area contributed by atoms with Gasteiger partial charge in [0.2, 0.25) is 0 Å². The highest BCUT2D eigenvalue weighted by atomic mass is 32.1. The fourth-order valence-corrected chi connectivity index (χ4v) is 2.90. The molecule has 0 saturated heterocycles. The van der Waals surface area contributed by atoms with Crippen LogP contribution in [-0.4, -0.2) is 22.3 Å². The fourth-order valence-electron chi connectivity index (χ4n) is 2.27. The van der Waals surface area contributed by atoms with Crippen molar-refractivity contribution < 1.29 is 9.84 Å². The number of aliphatic hydroxyl groups excluding tert-OH is 1. The van der Waals surface area contributed by atoms with Gasteiger partial charge in [-0.2, -0.15) is 0 Å². The lowest BCUT2D eigenvalue weighted by Gasteiger charge is -2.16. The van der Waals surface area contributed by atoms with E-state index in [9.17, 15) is 5.11 Å². The number of aromatic nitrogens is 1. The van der Waals surface area contributed by atoms with Gasteiger partial charge in [0.05, 0.1) is 16.8 Å². The first-order chi connectivity index (χ1) is 8.72. The number of rotatable bonds is 3. The van der Waals surface area contributed by atoms with Crippen molar-refractivity contribution in [3.63, 3.8) is 0 Å². The minimum Gasteiger partial charge on any atom is -0.487 e. The number of aryl methyl sites for hydroxylation is 1. The lowest BCUT2D eigenvalue weighted by molar-refractivity contribution is 0.0497. The van der Waals surface area contributed by atoms with E-state index in [0.717, 1.165) is 22.9 Å². The third-order valence-corrected chi connectivity index (χ3v) is 4.01. The third-order valence-electron chi connectivity index (χ3n) is 3.19. The van der Waals surface area contributed by atoms with Crippen molar-refractivity contribution in [2.75, 3.05) is 0 Å². The van der Waals surface area contributed by atoms with Crippen LogP contribution < -0.4 is 4.74 Å². The van der Waals surface area contributed by atoms with Gasteiger partial charge < -0.3 is 9.84 Å². The smallest absolute Gasteiger partial charge is 0.129 e. The quantitative estimate of drug-likeness (QED) is 0.922. The Bertz CT molecular complexity index is 527. The predicted molar refractivity (Wildman–Crippen MR) is 71.1 cm³/mol. The Balaban J connectivity index is 1.67. The van der Waals surface area contributed by atoms with Crippen LogP contribution >= 0.6 is 11.3 Å². The predicted octanol–water partition coefficient (Wildman–Crippen LogP) is 2.36. The second-order valence-electron chi connectivity index (χ2n) is 4.60. The Kier molecular flexibility index (Phi) is 3.06. The van der Waals surface area contributed by atoms with Crippen LogP contribution in [0.1, 0.15) is 16.3 Å². The number of fused-ring (bicyclic) bond motifs is 1. The lowest BCUT2D eigenvalue weighted by Crippen LogP contribution is -2.32. The van der Waals surface area contributed by atoms with Crippen molar-refractivity contribution in [3.8, 4) is 5.75 Å². The van der Waals surface area contributed by atoms with Crippen molar-refractivity contribution in [2.45, 2.75) is 32.0 Å². The molecule has 1 aliphatic heterocycles. The van der Waals surface area contributed by atoms with E-state index in [1.54, 1.807) is 11.3 Å². The molecule has 0 fully saturated rings. The molecular formula is C14H15NO2S. The van der Waals surface area contributed by atoms with E-state index in [0.29, 0.717) is 6.42 Å². The molecule has 2 aromatic rings. The van der Waals surface area contributed by atoms with Crippen LogP contribution in [0.25, 0.3) is 0 Å². The van der Waals surface area contributed by atoms with Crippen LogP contribution in [0.2, 0.25) is 0 Å². The molecule has 1 aromatic carbocycles. The maximum absolute atomic E-state index is 10.2. The summed E-state index contributed by atoms with van der Waals surface area (Å²) in [7, 11) is 0. The van der Waals surface area contributed by atoms with Crippen molar-refractivity contribution in [3.05, 3.63) is 45.9 Å². The number of benzene rings is 1. The summed E-state index contributed by atoms with van der Waals surface area (Å²) in [5.41, 5.74) is 2.13. The zero-order chi connectivity index (χ0) is 12.5. The molecule has 2 heterocycles. The van der Waals surface area contributed by atoms with Gasteiger partial charge in [0.1, 0.15) is 11.9 Å². The topological polar surface area (TPSA) is 42.4 Å².